The molecule has 0 aliphatic carbocycles. The van der Waals surface area contributed by atoms with E-state index in [1.807, 2.05) is 0 Å². The summed E-state index contributed by atoms with van der Waals surface area (Å²) in [4.78, 5) is 21.1. The van der Waals surface area contributed by atoms with E-state index < -0.39 is 11.9 Å². The maximum atomic E-state index is 11.0. The van der Waals surface area contributed by atoms with Gasteiger partial charge in [0.1, 0.15) is 0 Å². The monoisotopic (exact) mass is 334 g/mol. The Labute approximate surface area is 163 Å². The van der Waals surface area contributed by atoms with Crippen LogP contribution in [0.1, 0.15) is 84.0 Å². The molecule has 0 amide bonds. The van der Waals surface area contributed by atoms with Gasteiger partial charge in [0.15, 0.2) is 0 Å². The van der Waals surface area contributed by atoms with Crippen LogP contribution in [-0.2, 0) is 14.3 Å². The molecule has 0 aliphatic rings. The number of carbonyl (C=O) groups is 2. The van der Waals surface area contributed by atoms with Gasteiger partial charge in [0.25, 0.3) is 0 Å². The predicted molar refractivity (Wildman–Crippen MR) is 86.2 cm³/mol. The first-order valence-electron chi connectivity index (χ1n) is 8.72. The summed E-state index contributed by atoms with van der Waals surface area (Å²) in [5.74, 6) is -2.01. The molecule has 0 aromatic carbocycles. The fourth-order valence-electron chi connectivity index (χ4n) is 2.30. The Kier molecular flexibility index (Phi) is 21.4. The molecule has 5 heteroatoms. The van der Waals surface area contributed by atoms with Crippen LogP contribution in [0.2, 0.25) is 0 Å². The summed E-state index contributed by atoms with van der Waals surface area (Å²) < 4.78 is 4.87. The zero-order chi connectivity index (χ0) is 16.5. The maximum absolute atomic E-state index is 11.0. The zero-order valence-electron chi connectivity index (χ0n) is 15.0. The second-order valence-corrected chi connectivity index (χ2v) is 5.71. The van der Waals surface area contributed by atoms with Gasteiger partial charge in [-0.05, 0) is 12.5 Å². The van der Waals surface area contributed by atoms with Crippen LogP contribution >= 0.6 is 0 Å². The third-order valence-electron chi connectivity index (χ3n) is 3.60. The van der Waals surface area contributed by atoms with Crippen LogP contribution in [0, 0.1) is 0 Å². The molecule has 0 N–H and O–H groups in total. The van der Waals surface area contributed by atoms with E-state index in [9.17, 15) is 14.7 Å². The Bertz CT molecular complexity index is 316. The zero-order valence-corrected chi connectivity index (χ0v) is 17.0. The summed E-state index contributed by atoms with van der Waals surface area (Å²) in [7, 11) is 0. The summed E-state index contributed by atoms with van der Waals surface area (Å²) >= 11 is 0. The fraction of sp³-hybridized carbons (Fsp3) is 0.778. The topological polar surface area (TPSA) is 66.4 Å². The van der Waals surface area contributed by atoms with Crippen molar-refractivity contribution in [3.05, 3.63) is 12.2 Å². The standard InChI is InChI=1S/C18H32O4.Na/c1-2-3-4-5-6-7-8-9-10-11-12-13-16-22-18(21)15-14-17(19)20;/h14-15H,2-13,16H2,1H3,(H,19,20);/q;+1/p-1. The minimum atomic E-state index is -1.39. The van der Waals surface area contributed by atoms with E-state index in [1.165, 1.54) is 64.2 Å². The van der Waals surface area contributed by atoms with E-state index in [2.05, 4.69) is 6.92 Å². The fourth-order valence-corrected chi connectivity index (χ4v) is 2.30. The van der Waals surface area contributed by atoms with Crippen LogP contribution in [0.25, 0.3) is 0 Å². The van der Waals surface area contributed by atoms with Gasteiger partial charge >= 0.3 is 35.5 Å². The molecule has 0 unspecified atom stereocenters. The number of hydrogen-bond acceptors (Lipinski definition) is 4. The molecule has 0 bridgehead atoms. The summed E-state index contributed by atoms with van der Waals surface area (Å²) in [5, 5.41) is 10.1. The molecule has 0 aromatic heterocycles. The molecule has 0 atom stereocenters. The van der Waals surface area contributed by atoms with Crippen molar-refractivity contribution >= 4 is 11.9 Å². The van der Waals surface area contributed by atoms with Gasteiger partial charge in [-0.2, -0.15) is 0 Å². The molecule has 0 aliphatic heterocycles. The first-order chi connectivity index (χ1) is 10.7. The predicted octanol–water partition coefficient (Wildman–Crippen LogP) is 0.541. The quantitative estimate of drug-likeness (QED) is 0.190. The SMILES string of the molecule is CCCCCCCCCCCCCCOC(=O)C=CC(=O)[O-].[Na+]. The van der Waals surface area contributed by atoms with Gasteiger partial charge in [-0.25, -0.2) is 4.79 Å². The van der Waals surface area contributed by atoms with Gasteiger partial charge in [-0.1, -0.05) is 77.6 Å². The molecule has 128 valence electrons. The minimum absolute atomic E-state index is 0. The van der Waals surface area contributed by atoms with E-state index >= 15 is 0 Å². The molecule has 23 heavy (non-hydrogen) atoms. The normalized spacial score (nSPS) is 10.5. The average molecular weight is 334 g/mol. The number of esters is 1. The van der Waals surface area contributed by atoms with Crippen molar-refractivity contribution < 1.29 is 49.0 Å². The van der Waals surface area contributed by atoms with Crippen LogP contribution in [0.3, 0.4) is 0 Å². The average Bonchev–Trinajstić information content (AvgIpc) is 2.49. The van der Waals surface area contributed by atoms with Crippen molar-refractivity contribution in [3.8, 4) is 0 Å². The molecule has 4 nitrogen and oxygen atoms in total. The Balaban J connectivity index is 0. The van der Waals surface area contributed by atoms with Gasteiger partial charge < -0.3 is 14.6 Å². The third-order valence-corrected chi connectivity index (χ3v) is 3.60. The largest absolute Gasteiger partial charge is 1.00 e. The Morgan fingerprint density at radius 3 is 1.65 bits per heavy atom. The molecule has 0 saturated carbocycles. The van der Waals surface area contributed by atoms with Crippen LogP contribution in [0.5, 0.6) is 0 Å². The number of hydrogen-bond donors (Lipinski definition) is 0. The van der Waals surface area contributed by atoms with Crippen molar-refractivity contribution in [1.29, 1.82) is 0 Å². The molecule has 0 aromatic rings. The van der Waals surface area contributed by atoms with Crippen LogP contribution in [0.4, 0.5) is 0 Å². The molecule has 0 heterocycles. The number of aliphatic carboxylic acids is 1. The molecule has 0 fully saturated rings. The van der Waals surface area contributed by atoms with Crippen LogP contribution in [0.15, 0.2) is 12.2 Å². The Morgan fingerprint density at radius 1 is 0.783 bits per heavy atom. The molecular weight excluding hydrogens is 303 g/mol. The number of carbonyl (C=O) groups excluding carboxylic acids is 2. The van der Waals surface area contributed by atoms with Crippen molar-refractivity contribution in [2.75, 3.05) is 6.61 Å². The van der Waals surface area contributed by atoms with Crippen molar-refractivity contribution in [2.24, 2.45) is 0 Å². The van der Waals surface area contributed by atoms with E-state index in [1.54, 1.807) is 0 Å². The molecule has 0 radical (unpaired) electrons. The van der Waals surface area contributed by atoms with E-state index in [0.29, 0.717) is 12.7 Å². The number of rotatable bonds is 15. The second-order valence-electron chi connectivity index (χ2n) is 5.71. The summed E-state index contributed by atoms with van der Waals surface area (Å²) in [6, 6.07) is 0. The van der Waals surface area contributed by atoms with Gasteiger partial charge in [-0.15, -0.1) is 0 Å². The van der Waals surface area contributed by atoms with Gasteiger partial charge in [-0.3, -0.25) is 0 Å². The van der Waals surface area contributed by atoms with Crippen molar-refractivity contribution in [3.63, 3.8) is 0 Å². The smallest absolute Gasteiger partial charge is 0.545 e. The van der Waals surface area contributed by atoms with E-state index in [-0.39, 0.29) is 29.6 Å². The maximum Gasteiger partial charge on any atom is 1.00 e. The van der Waals surface area contributed by atoms with Crippen molar-refractivity contribution in [2.45, 2.75) is 84.0 Å². The summed E-state index contributed by atoms with van der Waals surface area (Å²) in [5.41, 5.74) is 0. The van der Waals surface area contributed by atoms with Gasteiger partial charge in [0.2, 0.25) is 0 Å². The molecule has 0 saturated heterocycles. The second kappa shape index (κ2) is 19.7. The molecular formula is C18H31NaO4. The number of carboxylic acids is 1. The first-order valence-corrected chi connectivity index (χ1v) is 8.72. The first kappa shape index (κ1) is 24.9. The molecule has 0 rings (SSSR count). The summed E-state index contributed by atoms with van der Waals surface area (Å²) in [6.45, 7) is 2.60. The van der Waals surface area contributed by atoms with E-state index in [0.717, 1.165) is 18.9 Å². The molecule has 0 spiro atoms. The van der Waals surface area contributed by atoms with Crippen LogP contribution < -0.4 is 34.7 Å². The Morgan fingerprint density at radius 2 is 1.22 bits per heavy atom. The third kappa shape index (κ3) is 21.7. The summed E-state index contributed by atoms with van der Waals surface area (Å²) in [6.07, 6.45) is 16.7. The number of unbranched alkanes of at least 4 members (excludes halogenated alkanes) is 11. The Hall–Kier alpha value is -0.320. The van der Waals surface area contributed by atoms with E-state index in [4.69, 9.17) is 4.74 Å². The minimum Gasteiger partial charge on any atom is -0.545 e. The number of carboxylic acid groups (broad SMARTS) is 1. The van der Waals surface area contributed by atoms with Crippen LogP contribution in [-0.4, -0.2) is 18.5 Å². The van der Waals surface area contributed by atoms with Gasteiger partial charge in [0, 0.05) is 6.08 Å². The number of ether oxygens (including phenoxy) is 1. The van der Waals surface area contributed by atoms with Crippen molar-refractivity contribution in [1.82, 2.24) is 0 Å². The van der Waals surface area contributed by atoms with Gasteiger partial charge in [0.05, 0.1) is 12.6 Å².